The van der Waals surface area contributed by atoms with Crippen LogP contribution in [0.4, 0.5) is 5.69 Å². The van der Waals surface area contributed by atoms with Crippen LogP contribution in [0.25, 0.3) is 0 Å². The number of piperidine rings is 1. The Kier molecular flexibility index (Phi) is 10.9. The van der Waals surface area contributed by atoms with Crippen LogP contribution >= 0.6 is 24.0 Å². The van der Waals surface area contributed by atoms with E-state index in [0.717, 1.165) is 54.6 Å². The average molecular weight is 554 g/mol. The maximum Gasteiger partial charge on any atom is 0.191 e. The first-order chi connectivity index (χ1) is 15.2. The number of benzene rings is 2. The smallest absolute Gasteiger partial charge is 0.191 e. The molecule has 1 heterocycles. The number of hydrogen-bond donors (Lipinski definition) is 2. The Morgan fingerprint density at radius 3 is 2.19 bits per heavy atom. The Labute approximate surface area is 208 Å². The van der Waals surface area contributed by atoms with Crippen molar-refractivity contribution in [2.75, 3.05) is 52.9 Å². The molecule has 1 saturated heterocycles. The number of anilines is 1. The summed E-state index contributed by atoms with van der Waals surface area (Å²) >= 11 is 0. The van der Waals surface area contributed by atoms with Gasteiger partial charge in [-0.1, -0.05) is 30.3 Å². The van der Waals surface area contributed by atoms with E-state index in [-0.39, 0.29) is 30.1 Å². The number of hydrogen-bond acceptors (Lipinski definition) is 5. The molecule has 2 aromatic rings. The maximum absolute atomic E-state index is 5.65. The third-order valence-corrected chi connectivity index (χ3v) is 5.67. The lowest BCUT2D eigenvalue weighted by Crippen LogP contribution is -2.49. The topological polar surface area (TPSA) is 67.4 Å². The maximum atomic E-state index is 5.65. The first kappa shape index (κ1) is 26.1. The van der Waals surface area contributed by atoms with Crippen molar-refractivity contribution < 1.29 is 14.2 Å². The lowest BCUT2D eigenvalue weighted by Gasteiger charge is -2.35. The van der Waals surface area contributed by atoms with Gasteiger partial charge in [-0.25, -0.2) is 0 Å². The minimum absolute atomic E-state index is 0. The highest BCUT2D eigenvalue weighted by molar-refractivity contribution is 14.0. The second-order valence-electron chi connectivity index (χ2n) is 7.56. The lowest BCUT2D eigenvalue weighted by molar-refractivity contribution is 0.106. The van der Waals surface area contributed by atoms with Gasteiger partial charge in [-0.3, -0.25) is 4.99 Å². The molecule has 2 aromatic carbocycles. The summed E-state index contributed by atoms with van der Waals surface area (Å²) in [5.74, 6) is 2.43. The Balaban J connectivity index is 0.00000363. The van der Waals surface area contributed by atoms with Crippen molar-refractivity contribution in [3.8, 4) is 11.5 Å². The van der Waals surface area contributed by atoms with Crippen LogP contribution in [-0.4, -0.2) is 60.0 Å². The molecule has 8 heteroatoms. The van der Waals surface area contributed by atoms with Crippen molar-refractivity contribution in [1.29, 1.82) is 0 Å². The Hall–Kier alpha value is -2.20. The number of guanidine groups is 1. The highest BCUT2D eigenvalue weighted by Gasteiger charge is 2.21. The molecule has 0 bridgehead atoms. The monoisotopic (exact) mass is 554 g/mol. The molecule has 176 valence electrons. The minimum atomic E-state index is -0.0235. The van der Waals surface area contributed by atoms with E-state index < -0.39 is 0 Å². The molecule has 0 aromatic heterocycles. The molecule has 0 amide bonds. The van der Waals surface area contributed by atoms with E-state index in [4.69, 9.17) is 14.2 Å². The summed E-state index contributed by atoms with van der Waals surface area (Å²) in [6.45, 7) is 2.56. The van der Waals surface area contributed by atoms with Gasteiger partial charge in [0, 0.05) is 63.7 Å². The summed E-state index contributed by atoms with van der Waals surface area (Å²) in [6, 6.07) is 16.6. The highest BCUT2D eigenvalue weighted by Crippen LogP contribution is 2.30. The number of methoxy groups -OCH3 is 3. The van der Waals surface area contributed by atoms with Gasteiger partial charge >= 0.3 is 0 Å². The fourth-order valence-electron chi connectivity index (χ4n) is 3.84. The Bertz CT molecular complexity index is 820. The summed E-state index contributed by atoms with van der Waals surface area (Å²) in [5.41, 5.74) is 2.28. The quantitative estimate of drug-likeness (QED) is 0.294. The van der Waals surface area contributed by atoms with Gasteiger partial charge in [0.15, 0.2) is 5.96 Å². The zero-order valence-electron chi connectivity index (χ0n) is 19.3. The second-order valence-corrected chi connectivity index (χ2v) is 7.56. The van der Waals surface area contributed by atoms with Gasteiger partial charge in [0.1, 0.15) is 11.5 Å². The zero-order chi connectivity index (χ0) is 22.1. The Morgan fingerprint density at radius 2 is 1.66 bits per heavy atom. The van der Waals surface area contributed by atoms with Gasteiger partial charge < -0.3 is 29.7 Å². The number of ether oxygens (including phenoxy) is 3. The zero-order valence-corrected chi connectivity index (χ0v) is 21.7. The Morgan fingerprint density at radius 1 is 1.03 bits per heavy atom. The van der Waals surface area contributed by atoms with Crippen LogP contribution in [-0.2, 0) is 4.74 Å². The van der Waals surface area contributed by atoms with E-state index in [9.17, 15) is 0 Å². The van der Waals surface area contributed by atoms with Gasteiger partial charge in [-0.2, -0.15) is 0 Å². The van der Waals surface area contributed by atoms with E-state index in [1.54, 1.807) is 28.4 Å². The van der Waals surface area contributed by atoms with E-state index in [1.807, 2.05) is 24.3 Å². The molecule has 1 aliphatic rings. The van der Waals surface area contributed by atoms with Crippen LogP contribution in [0.15, 0.2) is 53.5 Å². The molecule has 0 aliphatic carbocycles. The minimum Gasteiger partial charge on any atom is -0.497 e. The van der Waals surface area contributed by atoms with Crippen molar-refractivity contribution in [3.63, 3.8) is 0 Å². The SMILES string of the molecule is CN=C(NCC(OC)c1ccccc1)NC1CCN(c2cc(OC)cc(OC)c2)CC1.I. The molecular formula is C24H35IN4O3. The molecule has 3 rings (SSSR count). The number of rotatable bonds is 8. The molecular weight excluding hydrogens is 519 g/mol. The first-order valence-electron chi connectivity index (χ1n) is 10.7. The van der Waals surface area contributed by atoms with E-state index >= 15 is 0 Å². The number of halogens is 1. The molecule has 0 radical (unpaired) electrons. The van der Waals surface area contributed by atoms with Gasteiger partial charge in [0.05, 0.1) is 20.3 Å². The van der Waals surface area contributed by atoms with Gasteiger partial charge in [-0.05, 0) is 18.4 Å². The van der Waals surface area contributed by atoms with Crippen LogP contribution in [0.2, 0.25) is 0 Å². The molecule has 1 fully saturated rings. The third kappa shape index (κ3) is 7.16. The van der Waals surface area contributed by atoms with Gasteiger partial charge in [-0.15, -0.1) is 24.0 Å². The largest absolute Gasteiger partial charge is 0.497 e. The molecule has 32 heavy (non-hydrogen) atoms. The summed E-state index contributed by atoms with van der Waals surface area (Å²) in [4.78, 5) is 6.77. The predicted molar refractivity (Wildman–Crippen MR) is 141 cm³/mol. The predicted octanol–water partition coefficient (Wildman–Crippen LogP) is 3.84. The molecule has 2 N–H and O–H groups in total. The second kappa shape index (κ2) is 13.4. The highest BCUT2D eigenvalue weighted by atomic mass is 127. The van der Waals surface area contributed by atoms with E-state index in [0.29, 0.717) is 12.6 Å². The summed E-state index contributed by atoms with van der Waals surface area (Å²) in [7, 11) is 6.90. The standard InChI is InChI=1S/C24H34N4O3.HI/c1-25-24(26-17-23(31-4)18-8-6-5-7-9-18)27-19-10-12-28(13-11-19)20-14-21(29-2)16-22(15-20)30-3;/h5-9,14-16,19,23H,10-13,17H2,1-4H3,(H2,25,26,27);1H. The summed E-state index contributed by atoms with van der Waals surface area (Å²) in [5, 5.41) is 6.97. The van der Waals surface area contributed by atoms with Crippen LogP contribution in [0.5, 0.6) is 11.5 Å². The third-order valence-electron chi connectivity index (χ3n) is 5.67. The molecule has 0 spiro atoms. The van der Waals surface area contributed by atoms with Crippen LogP contribution in [0.3, 0.4) is 0 Å². The van der Waals surface area contributed by atoms with Crippen LogP contribution in [0, 0.1) is 0 Å². The van der Waals surface area contributed by atoms with E-state index in [2.05, 4.69) is 44.8 Å². The lowest BCUT2D eigenvalue weighted by atomic mass is 10.0. The number of aliphatic imine (C=N–C) groups is 1. The number of nitrogens with zero attached hydrogens (tertiary/aromatic N) is 2. The molecule has 1 unspecified atom stereocenters. The van der Waals surface area contributed by atoms with Crippen LogP contribution in [0.1, 0.15) is 24.5 Å². The van der Waals surface area contributed by atoms with Crippen molar-refractivity contribution in [2.24, 2.45) is 4.99 Å². The molecule has 7 nitrogen and oxygen atoms in total. The van der Waals surface area contributed by atoms with Crippen molar-refractivity contribution in [3.05, 3.63) is 54.1 Å². The van der Waals surface area contributed by atoms with Gasteiger partial charge in [0.25, 0.3) is 0 Å². The molecule has 0 saturated carbocycles. The van der Waals surface area contributed by atoms with Crippen molar-refractivity contribution in [1.82, 2.24) is 10.6 Å². The fourth-order valence-corrected chi connectivity index (χ4v) is 3.84. The summed E-state index contributed by atoms with van der Waals surface area (Å²) < 4.78 is 16.5. The molecule has 1 atom stereocenters. The number of nitrogens with one attached hydrogen (secondary N) is 2. The average Bonchev–Trinajstić information content (AvgIpc) is 2.84. The van der Waals surface area contributed by atoms with Crippen LogP contribution < -0.4 is 25.0 Å². The fraction of sp³-hybridized carbons (Fsp3) is 0.458. The van der Waals surface area contributed by atoms with Crippen molar-refractivity contribution in [2.45, 2.75) is 25.0 Å². The van der Waals surface area contributed by atoms with Crippen molar-refractivity contribution >= 4 is 35.6 Å². The van der Waals surface area contributed by atoms with E-state index in [1.165, 1.54) is 0 Å². The molecule has 1 aliphatic heterocycles. The summed E-state index contributed by atoms with van der Waals surface area (Å²) in [6.07, 6.45) is 2.02. The first-order valence-corrected chi connectivity index (χ1v) is 10.7. The normalized spacial score (nSPS) is 15.5. The van der Waals surface area contributed by atoms with Gasteiger partial charge in [0.2, 0.25) is 0 Å².